The Morgan fingerprint density at radius 1 is 1.31 bits per heavy atom. The summed E-state index contributed by atoms with van der Waals surface area (Å²) in [6, 6.07) is 7.05. The smallest absolute Gasteiger partial charge is 0.270 e. The molecule has 0 radical (unpaired) electrons. The van der Waals surface area contributed by atoms with Crippen molar-refractivity contribution in [3.05, 3.63) is 54.2 Å². The van der Waals surface area contributed by atoms with E-state index in [1.165, 1.54) is 0 Å². The number of carbonyl (C=O) groups excluding carboxylic acids is 1. The highest BCUT2D eigenvalue weighted by Crippen LogP contribution is 2.17. The summed E-state index contributed by atoms with van der Waals surface area (Å²) in [7, 11) is 0. The third-order valence-electron chi connectivity index (χ3n) is 4.32. The lowest BCUT2D eigenvalue weighted by molar-refractivity contribution is -0.0153. The summed E-state index contributed by atoms with van der Waals surface area (Å²) in [5, 5.41) is 3.06. The molecule has 1 N–H and O–H groups in total. The predicted octanol–water partition coefficient (Wildman–Crippen LogP) is 1.40. The Morgan fingerprint density at radius 3 is 3.04 bits per heavy atom. The molecule has 0 spiro atoms. The zero-order valence-electron chi connectivity index (χ0n) is 14.3. The highest BCUT2D eigenvalue weighted by molar-refractivity contribution is 5.94. The Kier molecular flexibility index (Phi) is 4.49. The summed E-state index contributed by atoms with van der Waals surface area (Å²) >= 11 is 0. The molecule has 1 fully saturated rings. The van der Waals surface area contributed by atoms with Crippen LogP contribution in [-0.4, -0.2) is 50.6 Å². The van der Waals surface area contributed by atoms with Crippen LogP contribution in [0.4, 0.5) is 0 Å². The quantitative estimate of drug-likeness (QED) is 0.762. The van der Waals surface area contributed by atoms with E-state index < -0.39 is 0 Å². The van der Waals surface area contributed by atoms with Gasteiger partial charge in [0.05, 0.1) is 18.3 Å². The zero-order valence-corrected chi connectivity index (χ0v) is 14.3. The van der Waals surface area contributed by atoms with Crippen molar-refractivity contribution in [3.8, 4) is 5.88 Å². The van der Waals surface area contributed by atoms with Crippen LogP contribution in [0.2, 0.25) is 0 Å². The van der Waals surface area contributed by atoms with Crippen LogP contribution < -0.4 is 10.1 Å². The SMILES string of the molecule is Cc1nc2ncccn2c1C(=O)N[C@@H]1CCOC[C@H]1Oc1ccccn1. The topological polar surface area (TPSA) is 90.6 Å². The van der Waals surface area contributed by atoms with E-state index in [1.807, 2.05) is 12.1 Å². The van der Waals surface area contributed by atoms with Crippen LogP contribution >= 0.6 is 0 Å². The summed E-state index contributed by atoms with van der Waals surface area (Å²) < 4.78 is 13.1. The van der Waals surface area contributed by atoms with E-state index in [-0.39, 0.29) is 18.1 Å². The first-order valence-electron chi connectivity index (χ1n) is 8.48. The van der Waals surface area contributed by atoms with E-state index >= 15 is 0 Å². The van der Waals surface area contributed by atoms with Crippen LogP contribution in [0.15, 0.2) is 42.9 Å². The van der Waals surface area contributed by atoms with E-state index in [2.05, 4.69) is 20.3 Å². The van der Waals surface area contributed by atoms with Crippen LogP contribution in [0.1, 0.15) is 22.6 Å². The fourth-order valence-electron chi connectivity index (χ4n) is 3.07. The summed E-state index contributed by atoms with van der Waals surface area (Å²) in [6.45, 7) is 2.77. The van der Waals surface area contributed by atoms with Gasteiger partial charge in [0, 0.05) is 31.3 Å². The van der Waals surface area contributed by atoms with Gasteiger partial charge in [-0.1, -0.05) is 6.07 Å². The average Bonchev–Trinajstić information content (AvgIpc) is 3.00. The number of nitrogens with one attached hydrogen (secondary N) is 1. The third kappa shape index (κ3) is 3.23. The second-order valence-electron chi connectivity index (χ2n) is 6.10. The van der Waals surface area contributed by atoms with Gasteiger partial charge in [0.1, 0.15) is 11.8 Å². The van der Waals surface area contributed by atoms with E-state index in [0.29, 0.717) is 42.7 Å². The minimum absolute atomic E-state index is 0.181. The van der Waals surface area contributed by atoms with Crippen molar-refractivity contribution in [1.29, 1.82) is 0 Å². The highest BCUT2D eigenvalue weighted by Gasteiger charge is 2.31. The number of hydrogen-bond acceptors (Lipinski definition) is 6. The molecule has 3 aromatic heterocycles. The molecule has 0 aliphatic carbocycles. The number of aryl methyl sites for hydroxylation is 1. The summed E-state index contributed by atoms with van der Waals surface area (Å²) in [5.74, 6) is 0.811. The van der Waals surface area contributed by atoms with Crippen molar-refractivity contribution in [2.45, 2.75) is 25.5 Å². The molecule has 4 rings (SSSR count). The molecule has 134 valence electrons. The maximum atomic E-state index is 12.9. The molecule has 8 nitrogen and oxygen atoms in total. The molecule has 1 aliphatic heterocycles. The predicted molar refractivity (Wildman–Crippen MR) is 93.1 cm³/mol. The molecule has 4 heterocycles. The molecule has 1 saturated heterocycles. The molecule has 8 heteroatoms. The number of nitrogens with zero attached hydrogens (tertiary/aromatic N) is 4. The fourth-order valence-corrected chi connectivity index (χ4v) is 3.07. The number of imidazole rings is 1. The molecule has 0 aromatic carbocycles. The van der Waals surface area contributed by atoms with Gasteiger partial charge >= 0.3 is 0 Å². The van der Waals surface area contributed by atoms with Gasteiger partial charge in [-0.2, -0.15) is 0 Å². The molecule has 0 unspecified atom stereocenters. The number of aromatic nitrogens is 4. The van der Waals surface area contributed by atoms with Gasteiger partial charge < -0.3 is 14.8 Å². The fraction of sp³-hybridized carbons (Fsp3) is 0.333. The molecule has 0 bridgehead atoms. The normalized spacial score (nSPS) is 20.0. The van der Waals surface area contributed by atoms with Crippen molar-refractivity contribution in [3.63, 3.8) is 0 Å². The lowest BCUT2D eigenvalue weighted by atomic mass is 10.1. The number of hydrogen-bond donors (Lipinski definition) is 1. The molecule has 1 amide bonds. The Bertz CT molecular complexity index is 912. The minimum Gasteiger partial charge on any atom is -0.470 e. The number of rotatable bonds is 4. The van der Waals surface area contributed by atoms with Crippen LogP contribution in [0.5, 0.6) is 5.88 Å². The van der Waals surface area contributed by atoms with Crippen molar-refractivity contribution < 1.29 is 14.3 Å². The number of amides is 1. The van der Waals surface area contributed by atoms with Gasteiger partial charge in [0.2, 0.25) is 11.7 Å². The van der Waals surface area contributed by atoms with E-state index in [1.54, 1.807) is 42.0 Å². The second-order valence-corrected chi connectivity index (χ2v) is 6.10. The maximum absolute atomic E-state index is 12.9. The zero-order chi connectivity index (χ0) is 17.9. The molecule has 26 heavy (non-hydrogen) atoms. The van der Waals surface area contributed by atoms with Gasteiger partial charge in [0.25, 0.3) is 5.91 Å². The number of carbonyl (C=O) groups is 1. The Morgan fingerprint density at radius 2 is 2.19 bits per heavy atom. The third-order valence-corrected chi connectivity index (χ3v) is 4.32. The molecular formula is C18H19N5O3. The Labute approximate surface area is 150 Å². The summed E-state index contributed by atoms with van der Waals surface area (Å²) in [5.41, 5.74) is 1.12. The standard InChI is InChI=1S/C18H19N5O3/c1-12-16(23-9-4-8-20-18(23)21-12)17(24)22-13-6-10-25-11-14(13)26-15-5-2-3-7-19-15/h2-5,7-9,13-14H,6,10-11H2,1H3,(H,22,24)/t13-,14-/m1/s1. The van der Waals surface area contributed by atoms with Crippen molar-refractivity contribution in [1.82, 2.24) is 24.7 Å². The Hall–Kier alpha value is -3.00. The van der Waals surface area contributed by atoms with Gasteiger partial charge in [-0.15, -0.1) is 0 Å². The minimum atomic E-state index is -0.305. The molecule has 3 aromatic rings. The van der Waals surface area contributed by atoms with E-state index in [9.17, 15) is 4.79 Å². The van der Waals surface area contributed by atoms with Crippen LogP contribution in [0.25, 0.3) is 5.78 Å². The lowest BCUT2D eigenvalue weighted by Gasteiger charge is -2.32. The molecule has 2 atom stereocenters. The van der Waals surface area contributed by atoms with Gasteiger partial charge in [0.15, 0.2) is 0 Å². The van der Waals surface area contributed by atoms with Crippen molar-refractivity contribution in [2.75, 3.05) is 13.2 Å². The number of ether oxygens (including phenoxy) is 2. The van der Waals surface area contributed by atoms with Crippen molar-refractivity contribution in [2.24, 2.45) is 0 Å². The molecule has 1 aliphatic rings. The average molecular weight is 353 g/mol. The maximum Gasteiger partial charge on any atom is 0.270 e. The van der Waals surface area contributed by atoms with E-state index in [0.717, 1.165) is 0 Å². The lowest BCUT2D eigenvalue weighted by Crippen LogP contribution is -2.51. The Balaban J connectivity index is 1.54. The van der Waals surface area contributed by atoms with Crippen molar-refractivity contribution >= 4 is 11.7 Å². The summed E-state index contributed by atoms with van der Waals surface area (Å²) in [4.78, 5) is 25.6. The highest BCUT2D eigenvalue weighted by atomic mass is 16.5. The van der Waals surface area contributed by atoms with Gasteiger partial charge in [-0.25, -0.2) is 15.0 Å². The first-order valence-corrected chi connectivity index (χ1v) is 8.48. The number of pyridine rings is 1. The molecular weight excluding hydrogens is 334 g/mol. The van der Waals surface area contributed by atoms with Crippen LogP contribution in [0, 0.1) is 6.92 Å². The number of fused-ring (bicyclic) bond motifs is 1. The van der Waals surface area contributed by atoms with E-state index in [4.69, 9.17) is 9.47 Å². The van der Waals surface area contributed by atoms with Crippen LogP contribution in [-0.2, 0) is 4.74 Å². The first kappa shape index (κ1) is 16.5. The largest absolute Gasteiger partial charge is 0.470 e. The van der Waals surface area contributed by atoms with Crippen LogP contribution in [0.3, 0.4) is 0 Å². The van der Waals surface area contributed by atoms with Gasteiger partial charge in [-0.3, -0.25) is 9.20 Å². The summed E-state index contributed by atoms with van der Waals surface area (Å²) in [6.07, 6.45) is 5.46. The monoisotopic (exact) mass is 353 g/mol. The first-order chi connectivity index (χ1) is 12.7. The van der Waals surface area contributed by atoms with Gasteiger partial charge in [-0.05, 0) is 25.5 Å². The molecule has 0 saturated carbocycles. The second kappa shape index (κ2) is 7.09.